The molecule has 0 saturated heterocycles. The van der Waals surface area contributed by atoms with Crippen LogP contribution in [-0.4, -0.2) is 5.11 Å². The van der Waals surface area contributed by atoms with Gasteiger partial charge in [-0.1, -0.05) is 17.7 Å². The van der Waals surface area contributed by atoms with E-state index in [1.165, 1.54) is 11.3 Å². The molecule has 72 valence electrons. The summed E-state index contributed by atoms with van der Waals surface area (Å²) in [6.45, 7) is 0. The molecule has 0 atom stereocenters. The average molecular weight is 226 g/mol. The van der Waals surface area contributed by atoms with Crippen molar-refractivity contribution in [1.29, 1.82) is 0 Å². The minimum absolute atomic E-state index is 0.158. The van der Waals surface area contributed by atoms with Crippen LogP contribution in [0.4, 0.5) is 5.69 Å². The van der Waals surface area contributed by atoms with Gasteiger partial charge < -0.3 is 10.8 Å². The Bertz CT molecular complexity index is 447. The molecule has 2 nitrogen and oxygen atoms in total. The van der Waals surface area contributed by atoms with Gasteiger partial charge in [0.15, 0.2) is 0 Å². The van der Waals surface area contributed by atoms with E-state index in [4.69, 9.17) is 17.3 Å². The predicted molar refractivity (Wildman–Crippen MR) is 60.8 cm³/mol. The van der Waals surface area contributed by atoms with E-state index in [0.717, 1.165) is 5.56 Å². The number of halogens is 1. The van der Waals surface area contributed by atoms with Crippen molar-refractivity contribution in [3.05, 3.63) is 34.0 Å². The first-order chi connectivity index (χ1) is 6.70. The summed E-state index contributed by atoms with van der Waals surface area (Å²) in [6, 6.07) is 5.04. The number of nitrogens with two attached hydrogens (primary N) is 1. The van der Waals surface area contributed by atoms with Gasteiger partial charge >= 0.3 is 0 Å². The van der Waals surface area contributed by atoms with Gasteiger partial charge in [0.2, 0.25) is 0 Å². The first kappa shape index (κ1) is 9.37. The molecule has 0 spiro atoms. The van der Waals surface area contributed by atoms with Gasteiger partial charge in [-0.2, -0.15) is 11.3 Å². The molecule has 4 heteroatoms. The van der Waals surface area contributed by atoms with E-state index in [9.17, 15) is 5.11 Å². The molecule has 0 saturated carbocycles. The fourth-order valence-electron chi connectivity index (χ4n) is 1.31. The quantitative estimate of drug-likeness (QED) is 0.731. The third-order valence-corrected chi connectivity index (χ3v) is 3.14. The lowest BCUT2D eigenvalue weighted by Crippen LogP contribution is -1.89. The van der Waals surface area contributed by atoms with Crippen LogP contribution in [0, 0.1) is 0 Å². The summed E-state index contributed by atoms with van der Waals surface area (Å²) in [5, 5.41) is 13.9. The number of anilines is 1. The smallest absolute Gasteiger partial charge is 0.125 e. The molecule has 1 aromatic heterocycles. The molecule has 0 bridgehead atoms. The van der Waals surface area contributed by atoms with Crippen molar-refractivity contribution in [3.8, 4) is 16.9 Å². The maximum atomic E-state index is 9.65. The lowest BCUT2D eigenvalue weighted by atomic mass is 10.1. The van der Waals surface area contributed by atoms with Crippen LogP contribution in [0.3, 0.4) is 0 Å². The van der Waals surface area contributed by atoms with Crippen LogP contribution in [-0.2, 0) is 0 Å². The topological polar surface area (TPSA) is 46.2 Å². The van der Waals surface area contributed by atoms with Crippen molar-refractivity contribution in [2.45, 2.75) is 0 Å². The van der Waals surface area contributed by atoms with Crippen LogP contribution >= 0.6 is 22.9 Å². The third-order valence-electron chi connectivity index (χ3n) is 1.96. The second-order valence-corrected chi connectivity index (χ2v) is 4.03. The van der Waals surface area contributed by atoms with E-state index in [1.54, 1.807) is 18.2 Å². The summed E-state index contributed by atoms with van der Waals surface area (Å²) in [4.78, 5) is 0. The van der Waals surface area contributed by atoms with Crippen LogP contribution in [0.15, 0.2) is 29.0 Å². The summed E-state index contributed by atoms with van der Waals surface area (Å²) in [6.07, 6.45) is 0. The largest absolute Gasteiger partial charge is 0.507 e. The van der Waals surface area contributed by atoms with E-state index in [2.05, 4.69) is 0 Å². The average Bonchev–Trinajstić information content (AvgIpc) is 2.52. The van der Waals surface area contributed by atoms with Crippen molar-refractivity contribution < 1.29 is 5.11 Å². The van der Waals surface area contributed by atoms with E-state index in [1.807, 2.05) is 10.8 Å². The van der Waals surface area contributed by atoms with E-state index in [-0.39, 0.29) is 5.75 Å². The molecule has 1 aromatic carbocycles. The second kappa shape index (κ2) is 3.52. The maximum Gasteiger partial charge on any atom is 0.125 e. The molecule has 2 rings (SSSR count). The normalized spacial score (nSPS) is 10.4. The zero-order valence-corrected chi connectivity index (χ0v) is 8.77. The number of aromatic hydroxyl groups is 1. The summed E-state index contributed by atoms with van der Waals surface area (Å²) in [5.41, 5.74) is 7.69. The molecular weight excluding hydrogens is 218 g/mol. The third kappa shape index (κ3) is 1.45. The molecule has 0 unspecified atom stereocenters. The van der Waals surface area contributed by atoms with E-state index >= 15 is 0 Å². The van der Waals surface area contributed by atoms with Gasteiger partial charge in [-0.3, -0.25) is 0 Å². The van der Waals surface area contributed by atoms with Gasteiger partial charge in [-0.15, -0.1) is 0 Å². The number of phenols is 1. The second-order valence-electron chi connectivity index (χ2n) is 2.87. The number of thiophene rings is 1. The molecule has 0 aliphatic heterocycles. The molecule has 0 aliphatic carbocycles. The van der Waals surface area contributed by atoms with Gasteiger partial charge in [-0.05, 0) is 12.1 Å². The minimum Gasteiger partial charge on any atom is -0.507 e. The lowest BCUT2D eigenvalue weighted by molar-refractivity contribution is 0.477. The summed E-state index contributed by atoms with van der Waals surface area (Å²) >= 11 is 7.44. The fraction of sp³-hybridized carbons (Fsp3) is 0. The summed E-state index contributed by atoms with van der Waals surface area (Å²) < 4.78 is 0. The van der Waals surface area contributed by atoms with Crippen LogP contribution in [0.25, 0.3) is 11.1 Å². The fourth-order valence-corrected chi connectivity index (χ4v) is 2.37. The van der Waals surface area contributed by atoms with Crippen molar-refractivity contribution in [2.75, 3.05) is 5.73 Å². The van der Waals surface area contributed by atoms with Gasteiger partial charge in [0.25, 0.3) is 0 Å². The van der Waals surface area contributed by atoms with Crippen molar-refractivity contribution in [2.24, 2.45) is 0 Å². The number of nitrogen functional groups attached to an aromatic ring is 1. The highest BCUT2D eigenvalue weighted by Crippen LogP contribution is 2.39. The Kier molecular flexibility index (Phi) is 2.35. The Morgan fingerprint density at radius 3 is 2.64 bits per heavy atom. The molecular formula is C10H8ClNOS. The van der Waals surface area contributed by atoms with Crippen LogP contribution in [0.5, 0.6) is 5.75 Å². The van der Waals surface area contributed by atoms with Gasteiger partial charge in [-0.25, -0.2) is 0 Å². The molecule has 0 fully saturated rings. The molecule has 0 aliphatic rings. The Morgan fingerprint density at radius 1 is 1.29 bits per heavy atom. The number of benzene rings is 1. The zero-order valence-electron chi connectivity index (χ0n) is 7.20. The molecule has 0 radical (unpaired) electrons. The number of hydrogen-bond acceptors (Lipinski definition) is 3. The standard InChI is InChI=1S/C10H8ClNOS/c11-7-5-14-4-6(7)10-8(12)2-1-3-9(10)13/h1-5,13H,12H2. The summed E-state index contributed by atoms with van der Waals surface area (Å²) in [7, 11) is 0. The molecule has 3 N–H and O–H groups in total. The van der Waals surface area contributed by atoms with Crippen molar-refractivity contribution >= 4 is 28.6 Å². The highest BCUT2D eigenvalue weighted by molar-refractivity contribution is 7.09. The molecule has 1 heterocycles. The summed E-state index contributed by atoms with van der Waals surface area (Å²) in [5.74, 6) is 0.158. The maximum absolute atomic E-state index is 9.65. The van der Waals surface area contributed by atoms with Crippen LogP contribution in [0.2, 0.25) is 5.02 Å². The monoisotopic (exact) mass is 225 g/mol. The number of hydrogen-bond donors (Lipinski definition) is 2. The van der Waals surface area contributed by atoms with E-state index < -0.39 is 0 Å². The Labute approximate surface area is 90.6 Å². The Hall–Kier alpha value is -1.19. The Morgan fingerprint density at radius 2 is 2.07 bits per heavy atom. The van der Waals surface area contributed by atoms with Crippen LogP contribution in [0.1, 0.15) is 0 Å². The van der Waals surface area contributed by atoms with Gasteiger partial charge in [0, 0.05) is 27.6 Å². The minimum atomic E-state index is 0.158. The predicted octanol–water partition coefficient (Wildman–Crippen LogP) is 3.36. The number of rotatable bonds is 1. The molecule has 0 amide bonds. The first-order valence-corrected chi connectivity index (χ1v) is 5.31. The van der Waals surface area contributed by atoms with Gasteiger partial charge in [0.1, 0.15) is 5.75 Å². The van der Waals surface area contributed by atoms with Crippen molar-refractivity contribution in [3.63, 3.8) is 0 Å². The highest BCUT2D eigenvalue weighted by atomic mass is 35.5. The number of phenolic OH excluding ortho intramolecular Hbond substituents is 1. The highest BCUT2D eigenvalue weighted by Gasteiger charge is 2.11. The SMILES string of the molecule is Nc1cccc(O)c1-c1cscc1Cl. The van der Waals surface area contributed by atoms with Crippen molar-refractivity contribution in [1.82, 2.24) is 0 Å². The first-order valence-electron chi connectivity index (χ1n) is 3.99. The zero-order chi connectivity index (χ0) is 10.1. The van der Waals surface area contributed by atoms with Crippen LogP contribution < -0.4 is 5.73 Å². The van der Waals surface area contributed by atoms with Gasteiger partial charge in [0.05, 0.1) is 5.02 Å². The molecule has 2 aromatic rings. The lowest BCUT2D eigenvalue weighted by Gasteiger charge is -2.06. The van der Waals surface area contributed by atoms with E-state index in [0.29, 0.717) is 16.3 Å². The molecule has 14 heavy (non-hydrogen) atoms. The Balaban J connectivity index is 2.68.